The fraction of sp³-hybridized carbons (Fsp3) is 0.364. The summed E-state index contributed by atoms with van der Waals surface area (Å²) in [6, 6.07) is 4.26. The number of phenolic OH excluding ortho intramolecular Hbond substituents is 2. The summed E-state index contributed by atoms with van der Waals surface area (Å²) in [6.07, 6.45) is 0.0454. The summed E-state index contributed by atoms with van der Waals surface area (Å²) in [5.74, 6) is 4.02. The number of benzene rings is 1. The van der Waals surface area contributed by atoms with Crippen molar-refractivity contribution in [1.82, 2.24) is 5.32 Å². The Hall–Kier alpha value is -2.28. The number of nitrogens with one attached hydrogen (secondary N) is 1. The largest absolute Gasteiger partial charge is 0.504 e. The van der Waals surface area contributed by atoms with Crippen molar-refractivity contribution >= 4 is 16.1 Å². The third kappa shape index (κ3) is 15.9. The van der Waals surface area contributed by atoms with Crippen molar-refractivity contribution in [3.63, 3.8) is 0 Å². The van der Waals surface area contributed by atoms with E-state index in [-0.39, 0.29) is 17.5 Å². The van der Waals surface area contributed by atoms with Crippen LogP contribution in [0.3, 0.4) is 0 Å². The molecule has 0 aliphatic rings. The van der Waals surface area contributed by atoms with Crippen molar-refractivity contribution in [3.05, 3.63) is 23.8 Å². The molecule has 11 N–H and O–H groups in total. The summed E-state index contributed by atoms with van der Waals surface area (Å²) in [6.45, 7) is 0.407. The number of likely N-dealkylation sites (N-methyl/N-ethyl adjacent to an activating group) is 1. The summed E-state index contributed by atoms with van der Waals surface area (Å²) in [7, 11) is -1.94. The van der Waals surface area contributed by atoms with Crippen LogP contribution < -0.4 is 22.6 Å². The molecule has 0 spiro atoms. The van der Waals surface area contributed by atoms with Gasteiger partial charge in [0.05, 0.1) is 12.4 Å². The van der Waals surface area contributed by atoms with Crippen LogP contribution in [0.2, 0.25) is 0 Å². The van der Waals surface area contributed by atoms with Gasteiger partial charge in [0, 0.05) is 6.54 Å². The minimum Gasteiger partial charge on any atom is -0.504 e. The Balaban J connectivity index is 0. The average Bonchev–Trinajstić information content (AvgIpc) is 2.41. The van der Waals surface area contributed by atoms with Crippen LogP contribution in [0, 0.1) is 0 Å². The van der Waals surface area contributed by atoms with E-state index >= 15 is 0 Å². The lowest BCUT2D eigenvalue weighted by Gasteiger charge is -2.10. The smallest absolute Gasteiger partial charge is 0.261 e. The number of guanidine groups is 1. The van der Waals surface area contributed by atoms with E-state index in [4.69, 9.17) is 26.2 Å². The highest BCUT2D eigenvalue weighted by atomic mass is 32.2. The predicted molar refractivity (Wildman–Crippen MR) is 86.1 cm³/mol. The Bertz CT molecular complexity index is 581. The molecule has 11 nitrogen and oxygen atoms in total. The molecule has 0 radical (unpaired) electrons. The van der Waals surface area contributed by atoms with Gasteiger partial charge in [-0.1, -0.05) is 6.07 Å². The first-order valence-corrected chi connectivity index (χ1v) is 7.83. The van der Waals surface area contributed by atoms with Gasteiger partial charge >= 0.3 is 0 Å². The monoisotopic (exact) mass is 353 g/mol. The number of hydrazone groups is 1. The molecule has 0 saturated heterocycles. The van der Waals surface area contributed by atoms with Gasteiger partial charge < -0.3 is 37.9 Å². The highest BCUT2D eigenvalue weighted by Crippen LogP contribution is 2.27. The van der Waals surface area contributed by atoms with E-state index in [1.165, 1.54) is 12.1 Å². The maximum absolute atomic E-state index is 9.48. The van der Waals surface area contributed by atoms with E-state index in [1.54, 1.807) is 13.1 Å². The summed E-state index contributed by atoms with van der Waals surface area (Å²) < 4.78 is 25.9. The van der Waals surface area contributed by atoms with E-state index in [1.807, 2.05) is 0 Å². The van der Waals surface area contributed by atoms with E-state index in [0.29, 0.717) is 18.4 Å². The van der Waals surface area contributed by atoms with Gasteiger partial charge in [-0.2, -0.15) is 8.42 Å². The molecule has 12 heteroatoms. The lowest BCUT2D eigenvalue weighted by Crippen LogP contribution is -2.23. The highest BCUT2D eigenvalue weighted by molar-refractivity contribution is 7.85. The van der Waals surface area contributed by atoms with Gasteiger partial charge in [0.1, 0.15) is 0 Å². The number of rotatable bonds is 3. The van der Waals surface area contributed by atoms with Gasteiger partial charge in [0.2, 0.25) is 5.96 Å². The molecule has 0 aromatic heterocycles. The zero-order valence-electron chi connectivity index (χ0n) is 12.7. The maximum atomic E-state index is 9.48. The maximum Gasteiger partial charge on any atom is 0.261 e. The molecule has 1 aromatic rings. The quantitative estimate of drug-likeness (QED) is 0.0745. The van der Waals surface area contributed by atoms with E-state index in [9.17, 15) is 13.5 Å². The molecule has 0 heterocycles. The number of aromatic hydroxyl groups is 2. The standard InChI is InChI=1S/C9H13NO3.CH6N4.CH4O3S/c1-10-5-9(13)6-2-3-7(11)8(12)4-6;2-1(3)5-4;1-5(2,3)4/h2-4,9-13H,5H2,1H3;4H2,(H4,2,3,5);1H3,(H,2,3,4)/t9-;;/m0../s1. The normalized spacial score (nSPS) is 11.1. The molecule has 1 rings (SSSR count). The summed E-state index contributed by atoms with van der Waals surface area (Å²) >= 11 is 0. The minimum atomic E-state index is -3.67. The molecule has 0 fully saturated rings. The van der Waals surface area contributed by atoms with E-state index in [2.05, 4.69) is 16.3 Å². The molecular formula is C11H23N5O6S. The number of nitrogens with zero attached hydrogens (tertiary/aromatic N) is 1. The van der Waals surface area contributed by atoms with E-state index in [0.717, 1.165) is 0 Å². The van der Waals surface area contributed by atoms with E-state index < -0.39 is 16.2 Å². The van der Waals surface area contributed by atoms with Crippen LogP contribution in [-0.4, -0.2) is 54.1 Å². The number of aliphatic hydroxyl groups is 1. The molecule has 1 atom stereocenters. The molecule has 0 aliphatic carbocycles. The Kier molecular flexibility index (Phi) is 11.3. The molecular weight excluding hydrogens is 330 g/mol. The molecule has 0 saturated carbocycles. The Labute approximate surface area is 134 Å². The van der Waals surface area contributed by atoms with Crippen LogP contribution >= 0.6 is 0 Å². The summed E-state index contributed by atoms with van der Waals surface area (Å²) in [5, 5.41) is 33.3. The van der Waals surface area contributed by atoms with Crippen LogP contribution in [0.15, 0.2) is 23.3 Å². The average molecular weight is 353 g/mol. The number of nitrogens with two attached hydrogens (primary N) is 3. The SMILES string of the molecule is CNC[C@H](O)c1ccc(O)c(O)c1.CS(=O)(=O)O.NN=C(N)N. The van der Waals surface area contributed by atoms with Crippen molar-refractivity contribution in [1.29, 1.82) is 0 Å². The fourth-order valence-corrected chi connectivity index (χ4v) is 1.06. The van der Waals surface area contributed by atoms with Crippen molar-refractivity contribution in [3.8, 4) is 11.5 Å². The fourth-order valence-electron chi connectivity index (χ4n) is 1.06. The number of hydrogen-bond acceptors (Lipinski definition) is 8. The molecule has 0 amide bonds. The number of hydrogen-bond donors (Lipinski definition) is 8. The van der Waals surface area contributed by atoms with Gasteiger partial charge in [0.25, 0.3) is 10.1 Å². The number of aliphatic hydroxyl groups excluding tert-OH is 1. The molecule has 23 heavy (non-hydrogen) atoms. The molecule has 0 bridgehead atoms. The van der Waals surface area contributed by atoms with Crippen LogP contribution in [0.25, 0.3) is 0 Å². The van der Waals surface area contributed by atoms with Gasteiger partial charge in [-0.25, -0.2) is 0 Å². The summed E-state index contributed by atoms with van der Waals surface area (Å²) in [4.78, 5) is 0. The summed E-state index contributed by atoms with van der Waals surface area (Å²) in [5.41, 5.74) is 9.96. The second-order valence-corrected chi connectivity index (χ2v) is 5.57. The highest BCUT2D eigenvalue weighted by Gasteiger charge is 2.08. The Morgan fingerprint density at radius 2 is 1.74 bits per heavy atom. The lowest BCUT2D eigenvalue weighted by atomic mass is 10.1. The second kappa shape index (κ2) is 11.3. The lowest BCUT2D eigenvalue weighted by molar-refractivity contribution is 0.177. The molecule has 0 unspecified atom stereocenters. The third-order valence-corrected chi connectivity index (χ3v) is 1.93. The van der Waals surface area contributed by atoms with Crippen LogP contribution in [0.1, 0.15) is 11.7 Å². The zero-order valence-corrected chi connectivity index (χ0v) is 13.5. The topological polar surface area (TPSA) is 218 Å². The van der Waals surface area contributed by atoms with Crippen molar-refractivity contribution in [2.45, 2.75) is 6.10 Å². The van der Waals surface area contributed by atoms with Crippen LogP contribution in [0.4, 0.5) is 0 Å². The number of phenols is 2. The van der Waals surface area contributed by atoms with Crippen molar-refractivity contribution < 1.29 is 28.3 Å². The van der Waals surface area contributed by atoms with Gasteiger partial charge in [-0.15, -0.1) is 5.10 Å². The predicted octanol–water partition coefficient (Wildman–Crippen LogP) is -2.01. The van der Waals surface area contributed by atoms with Gasteiger partial charge in [0.15, 0.2) is 11.5 Å². The molecule has 134 valence electrons. The van der Waals surface area contributed by atoms with Crippen molar-refractivity contribution in [2.75, 3.05) is 19.8 Å². The van der Waals surface area contributed by atoms with Crippen molar-refractivity contribution in [2.24, 2.45) is 22.4 Å². The third-order valence-electron chi connectivity index (χ3n) is 1.93. The van der Waals surface area contributed by atoms with Gasteiger partial charge in [-0.3, -0.25) is 4.55 Å². The zero-order chi connectivity index (χ0) is 18.6. The van der Waals surface area contributed by atoms with Gasteiger partial charge in [-0.05, 0) is 24.7 Å². The Morgan fingerprint density at radius 1 is 1.30 bits per heavy atom. The molecule has 1 aromatic carbocycles. The second-order valence-electron chi connectivity index (χ2n) is 4.11. The first kappa shape index (κ1) is 23.0. The first-order valence-electron chi connectivity index (χ1n) is 5.98. The Morgan fingerprint density at radius 3 is 2.04 bits per heavy atom. The van der Waals surface area contributed by atoms with Crippen LogP contribution in [-0.2, 0) is 10.1 Å². The minimum absolute atomic E-state index is 0.0926. The molecule has 0 aliphatic heterocycles. The van der Waals surface area contributed by atoms with Crippen LogP contribution in [0.5, 0.6) is 11.5 Å². The first-order chi connectivity index (χ1) is 10.4.